The second-order valence-corrected chi connectivity index (χ2v) is 21.7. The minimum absolute atomic E-state index is 0.0547. The lowest BCUT2D eigenvalue weighted by molar-refractivity contribution is 0.295. The number of likely N-dealkylation sites (N-methyl/N-ethyl adjacent to an activating group) is 2. The van der Waals surface area contributed by atoms with Gasteiger partial charge in [0.25, 0.3) is 0 Å². The van der Waals surface area contributed by atoms with Crippen LogP contribution in [-0.2, 0) is 33.0 Å². The second kappa shape index (κ2) is 20.6. The molecule has 2 aliphatic rings. The first-order valence-corrected chi connectivity index (χ1v) is 25.1. The molecule has 0 fully saturated rings. The number of hydrogen-bond donors (Lipinski definition) is 1. The molecule has 314 valence electrons. The maximum absolute atomic E-state index is 13.1. The Hall–Kier alpha value is -2.18. The summed E-state index contributed by atoms with van der Waals surface area (Å²) >= 11 is 25.7. The van der Waals surface area contributed by atoms with Crippen molar-refractivity contribution in [1.82, 2.24) is 14.5 Å². The third-order valence-corrected chi connectivity index (χ3v) is 16.0. The number of nitrogens with zero attached hydrogens (tertiary/aromatic N) is 2. The zero-order valence-electron chi connectivity index (χ0n) is 33.5. The quantitative estimate of drug-likeness (QED) is 0.0943. The molecular formula is C45H55Cl4N3O4S2. The number of hydrogen-bond acceptors (Lipinski definition) is 6. The topological polar surface area (TPSA) is 86.8 Å². The van der Waals surface area contributed by atoms with Crippen LogP contribution in [0.15, 0.2) is 82.6 Å². The summed E-state index contributed by atoms with van der Waals surface area (Å²) in [4.78, 5) is 5.08. The monoisotopic (exact) mass is 905 g/mol. The van der Waals surface area contributed by atoms with Crippen LogP contribution in [0, 0.1) is 0 Å². The van der Waals surface area contributed by atoms with Gasteiger partial charge in [0.2, 0.25) is 10.0 Å². The molecule has 2 heterocycles. The molecule has 1 N–H and O–H groups in total. The van der Waals surface area contributed by atoms with Crippen molar-refractivity contribution >= 4 is 66.3 Å². The van der Waals surface area contributed by atoms with E-state index in [0.717, 1.165) is 124 Å². The van der Waals surface area contributed by atoms with Crippen LogP contribution in [0.1, 0.15) is 116 Å². The zero-order valence-corrected chi connectivity index (χ0v) is 38.1. The van der Waals surface area contributed by atoms with E-state index < -0.39 is 19.9 Å². The van der Waals surface area contributed by atoms with E-state index in [0.29, 0.717) is 38.0 Å². The minimum atomic E-state index is -3.59. The Labute approximate surface area is 366 Å². The number of unbranched alkanes of at least 4 members (excludes halogenated alkanes) is 10. The average molecular weight is 908 g/mol. The van der Waals surface area contributed by atoms with Crippen LogP contribution in [0.2, 0.25) is 20.1 Å². The summed E-state index contributed by atoms with van der Waals surface area (Å²) in [5.41, 5.74) is 6.43. The molecule has 7 nitrogen and oxygen atoms in total. The molecule has 0 saturated carbocycles. The molecule has 2 unspecified atom stereocenters. The van der Waals surface area contributed by atoms with Crippen LogP contribution in [-0.4, -0.2) is 66.1 Å². The molecule has 0 saturated heterocycles. The fourth-order valence-corrected chi connectivity index (χ4v) is 12.0. The molecule has 4 aromatic carbocycles. The summed E-state index contributed by atoms with van der Waals surface area (Å²) in [7, 11) is -2.82. The summed E-state index contributed by atoms with van der Waals surface area (Å²) in [5.74, 6) is 0.289. The predicted octanol–water partition coefficient (Wildman–Crippen LogP) is 11.5. The highest BCUT2D eigenvalue weighted by Gasteiger charge is 2.29. The number of sulfone groups is 1. The molecule has 0 bridgehead atoms. The maximum atomic E-state index is 13.1. The number of halogens is 4. The molecule has 6 rings (SSSR count). The van der Waals surface area contributed by atoms with Gasteiger partial charge in [0.15, 0.2) is 9.84 Å². The average Bonchev–Trinajstić information content (AvgIpc) is 3.18. The Morgan fingerprint density at radius 2 is 0.948 bits per heavy atom. The van der Waals surface area contributed by atoms with Gasteiger partial charge >= 0.3 is 0 Å². The van der Waals surface area contributed by atoms with Crippen molar-refractivity contribution in [2.75, 3.05) is 39.5 Å². The summed E-state index contributed by atoms with van der Waals surface area (Å²) in [5, 5.41) is 2.54. The van der Waals surface area contributed by atoms with E-state index in [1.54, 1.807) is 36.4 Å². The van der Waals surface area contributed by atoms with Crippen molar-refractivity contribution in [3.63, 3.8) is 0 Å². The normalized spacial score (nSPS) is 17.6. The van der Waals surface area contributed by atoms with Gasteiger partial charge < -0.3 is 9.80 Å². The molecule has 0 spiro atoms. The van der Waals surface area contributed by atoms with Crippen molar-refractivity contribution in [3.8, 4) is 0 Å². The predicted molar refractivity (Wildman–Crippen MR) is 240 cm³/mol. The Morgan fingerprint density at radius 3 is 1.40 bits per heavy atom. The zero-order chi connectivity index (χ0) is 41.5. The number of nitrogens with one attached hydrogen (secondary N) is 1. The SMILES string of the molecule is CN1Cc2c(Cl)cc(Cl)cc2C(c2ccc(S(=O)(=O)CCCCCCCCCCCCCNS(=O)(=O)c3ccc(C4CN(C)Cc5c(Cl)cc(Cl)cc54)cc3)cc2)C1. The molecular weight excluding hydrogens is 852 g/mol. The summed E-state index contributed by atoms with van der Waals surface area (Å²) in [6.07, 6.45) is 11.2. The highest BCUT2D eigenvalue weighted by molar-refractivity contribution is 7.91. The van der Waals surface area contributed by atoms with Gasteiger partial charge in [0.1, 0.15) is 0 Å². The van der Waals surface area contributed by atoms with E-state index in [1.807, 2.05) is 36.4 Å². The smallest absolute Gasteiger partial charge is 0.240 e. The Kier molecular flexibility index (Phi) is 16.1. The van der Waals surface area contributed by atoms with E-state index in [9.17, 15) is 16.8 Å². The van der Waals surface area contributed by atoms with Crippen molar-refractivity contribution in [2.45, 2.75) is 105 Å². The fourth-order valence-electron chi connectivity index (χ4n) is 8.46. The fraction of sp³-hybridized carbons (Fsp3) is 0.467. The molecule has 2 atom stereocenters. The lowest BCUT2D eigenvalue weighted by atomic mass is 9.85. The molecule has 0 radical (unpaired) electrons. The highest BCUT2D eigenvalue weighted by Crippen LogP contribution is 2.40. The summed E-state index contributed by atoms with van der Waals surface area (Å²) in [6.45, 7) is 3.53. The summed E-state index contributed by atoms with van der Waals surface area (Å²) in [6, 6.07) is 22.0. The lowest BCUT2D eigenvalue weighted by Gasteiger charge is -2.33. The maximum Gasteiger partial charge on any atom is 0.240 e. The van der Waals surface area contributed by atoms with Crippen molar-refractivity contribution < 1.29 is 16.8 Å². The first-order valence-electron chi connectivity index (χ1n) is 20.5. The van der Waals surface area contributed by atoms with Gasteiger partial charge in [-0.2, -0.15) is 0 Å². The highest BCUT2D eigenvalue weighted by atomic mass is 35.5. The minimum Gasteiger partial charge on any atom is -0.301 e. The Balaban J connectivity index is 0.817. The number of benzene rings is 4. The van der Waals surface area contributed by atoms with Crippen molar-refractivity contribution in [2.24, 2.45) is 0 Å². The molecule has 4 aromatic rings. The van der Waals surface area contributed by atoms with Gasteiger partial charge in [-0.05, 0) is 109 Å². The Morgan fingerprint density at radius 1 is 0.552 bits per heavy atom. The lowest BCUT2D eigenvalue weighted by Crippen LogP contribution is -2.31. The third kappa shape index (κ3) is 11.8. The molecule has 2 aliphatic heterocycles. The Bertz CT molecular complexity index is 2080. The standard InChI is InChI=1S/C45H55Cl4N3O4S2/c1-51-28-40(38-24-34(46)26-44(48)42(38)30-51)32-14-18-36(19-15-32)57(53,54)23-13-11-9-7-5-3-4-6-8-10-12-22-50-58(55,56)37-20-16-33(17-21-37)41-29-52(2)31-43-39(41)25-35(47)27-45(43)49/h14-21,24-27,40-41,50H,3-13,22-23,28-31H2,1-2H3. The van der Waals surface area contributed by atoms with Crippen LogP contribution in [0.4, 0.5) is 0 Å². The van der Waals surface area contributed by atoms with Crippen LogP contribution in [0.5, 0.6) is 0 Å². The van der Waals surface area contributed by atoms with E-state index in [1.165, 1.54) is 0 Å². The van der Waals surface area contributed by atoms with Gasteiger partial charge in [-0.3, -0.25) is 0 Å². The van der Waals surface area contributed by atoms with E-state index in [4.69, 9.17) is 46.4 Å². The van der Waals surface area contributed by atoms with Crippen LogP contribution in [0.25, 0.3) is 0 Å². The van der Waals surface area contributed by atoms with Crippen LogP contribution in [0.3, 0.4) is 0 Å². The molecule has 58 heavy (non-hydrogen) atoms. The van der Waals surface area contributed by atoms with E-state index in [-0.39, 0.29) is 22.5 Å². The number of sulfonamides is 1. The van der Waals surface area contributed by atoms with Crippen molar-refractivity contribution in [1.29, 1.82) is 0 Å². The van der Waals surface area contributed by atoms with Crippen LogP contribution < -0.4 is 4.72 Å². The molecule has 0 aromatic heterocycles. The first-order chi connectivity index (χ1) is 27.7. The first kappa shape index (κ1) is 45.3. The molecule has 13 heteroatoms. The van der Waals surface area contributed by atoms with Gasteiger partial charge in [-0.1, -0.05) is 128 Å². The van der Waals surface area contributed by atoms with E-state index >= 15 is 0 Å². The van der Waals surface area contributed by atoms with Gasteiger partial charge in [0, 0.05) is 64.7 Å². The number of fused-ring (bicyclic) bond motifs is 2. The largest absolute Gasteiger partial charge is 0.301 e. The van der Waals surface area contributed by atoms with Gasteiger partial charge in [-0.15, -0.1) is 0 Å². The van der Waals surface area contributed by atoms with Gasteiger partial charge in [-0.25, -0.2) is 21.6 Å². The molecule has 0 aliphatic carbocycles. The van der Waals surface area contributed by atoms with Crippen LogP contribution >= 0.6 is 46.4 Å². The molecule has 0 amide bonds. The van der Waals surface area contributed by atoms with E-state index in [2.05, 4.69) is 28.6 Å². The summed E-state index contributed by atoms with van der Waals surface area (Å²) < 4.78 is 55.0. The number of rotatable bonds is 19. The van der Waals surface area contributed by atoms with Crippen molar-refractivity contribution in [3.05, 3.63) is 126 Å². The second-order valence-electron chi connectivity index (χ2n) is 16.2. The van der Waals surface area contributed by atoms with Gasteiger partial charge in [0.05, 0.1) is 15.5 Å². The third-order valence-electron chi connectivity index (χ3n) is 11.6.